The highest BCUT2D eigenvalue weighted by molar-refractivity contribution is 5.92. The molecule has 1 atom stereocenters. The van der Waals surface area contributed by atoms with E-state index in [4.69, 9.17) is 14.7 Å². The number of ether oxygens (including phenoxy) is 2. The topological polar surface area (TPSA) is 71.7 Å². The fraction of sp³-hybridized carbons (Fsp3) is 0.357. The van der Waals surface area contributed by atoms with Crippen LogP contribution in [0.4, 0.5) is 4.39 Å². The number of hydrogen-bond donors (Lipinski definition) is 0. The maximum absolute atomic E-state index is 13.2. The zero-order valence-electron chi connectivity index (χ0n) is 11.1. The normalized spacial score (nSPS) is 11.8. The molecule has 0 aliphatic heterocycles. The van der Waals surface area contributed by atoms with Crippen LogP contribution in [-0.4, -0.2) is 31.9 Å². The van der Waals surface area contributed by atoms with E-state index in [0.717, 1.165) is 0 Å². The second-order valence-electron chi connectivity index (χ2n) is 3.69. The van der Waals surface area contributed by atoms with Gasteiger partial charge in [0.25, 0.3) is 0 Å². The standard InChI is InChI=1S/C14H15FN2O3/c1-2-19-14(18)11(9-16)10-17-7-8-20-13-6-4-3-5-12(13)15/h3-6,10-11H,2,7-8H2,1H3/t11-/m0/s1. The minimum absolute atomic E-state index is 0.143. The molecule has 1 rings (SSSR count). The van der Waals surface area contributed by atoms with Gasteiger partial charge in [0.05, 0.1) is 19.2 Å². The molecule has 0 spiro atoms. The van der Waals surface area contributed by atoms with Gasteiger partial charge < -0.3 is 9.47 Å². The fourth-order valence-electron chi connectivity index (χ4n) is 1.33. The SMILES string of the molecule is CCOC(=O)[C@@H](C#N)C=NCCOc1ccccc1F. The monoisotopic (exact) mass is 278 g/mol. The van der Waals surface area contributed by atoms with Crippen molar-refractivity contribution in [2.75, 3.05) is 19.8 Å². The Bertz CT molecular complexity index is 511. The summed E-state index contributed by atoms with van der Waals surface area (Å²) < 4.78 is 23.1. The Morgan fingerprint density at radius 3 is 2.95 bits per heavy atom. The zero-order valence-corrected chi connectivity index (χ0v) is 11.1. The maximum Gasteiger partial charge on any atom is 0.328 e. The van der Waals surface area contributed by atoms with E-state index in [2.05, 4.69) is 4.99 Å². The van der Waals surface area contributed by atoms with Crippen molar-refractivity contribution in [3.8, 4) is 11.8 Å². The first kappa shape index (κ1) is 15.6. The van der Waals surface area contributed by atoms with Crippen molar-refractivity contribution in [2.24, 2.45) is 10.9 Å². The van der Waals surface area contributed by atoms with Gasteiger partial charge in [0.1, 0.15) is 6.61 Å². The van der Waals surface area contributed by atoms with Crippen molar-refractivity contribution in [3.63, 3.8) is 0 Å². The zero-order chi connectivity index (χ0) is 14.8. The predicted octanol–water partition coefficient (Wildman–Crippen LogP) is 1.98. The highest BCUT2D eigenvalue weighted by Gasteiger charge is 2.15. The molecule has 0 N–H and O–H groups in total. The molecule has 0 amide bonds. The van der Waals surface area contributed by atoms with Gasteiger partial charge in [-0.25, -0.2) is 4.39 Å². The molecule has 5 nitrogen and oxygen atoms in total. The van der Waals surface area contributed by atoms with E-state index < -0.39 is 17.7 Å². The molecule has 0 aliphatic rings. The lowest BCUT2D eigenvalue weighted by atomic mass is 10.2. The first-order valence-electron chi connectivity index (χ1n) is 6.12. The van der Waals surface area contributed by atoms with E-state index in [0.29, 0.717) is 0 Å². The molecule has 1 aromatic carbocycles. The smallest absolute Gasteiger partial charge is 0.328 e. The lowest BCUT2D eigenvalue weighted by molar-refractivity contribution is -0.143. The van der Waals surface area contributed by atoms with Gasteiger partial charge in [-0.1, -0.05) is 12.1 Å². The van der Waals surface area contributed by atoms with Crippen LogP contribution < -0.4 is 4.74 Å². The van der Waals surface area contributed by atoms with Crippen LogP contribution in [-0.2, 0) is 9.53 Å². The van der Waals surface area contributed by atoms with E-state index in [9.17, 15) is 9.18 Å². The highest BCUT2D eigenvalue weighted by Crippen LogP contribution is 2.14. The Morgan fingerprint density at radius 1 is 1.55 bits per heavy atom. The highest BCUT2D eigenvalue weighted by atomic mass is 19.1. The van der Waals surface area contributed by atoms with Crippen molar-refractivity contribution in [2.45, 2.75) is 6.92 Å². The average Bonchev–Trinajstić information content (AvgIpc) is 2.45. The first-order valence-corrected chi connectivity index (χ1v) is 6.12. The minimum atomic E-state index is -1.02. The summed E-state index contributed by atoms with van der Waals surface area (Å²) in [4.78, 5) is 15.2. The van der Waals surface area contributed by atoms with Crippen molar-refractivity contribution >= 4 is 12.2 Å². The number of nitriles is 1. The molecule has 0 aliphatic carbocycles. The Kier molecular flexibility index (Phi) is 6.76. The fourth-order valence-corrected chi connectivity index (χ4v) is 1.33. The van der Waals surface area contributed by atoms with Crippen LogP contribution in [0.2, 0.25) is 0 Å². The van der Waals surface area contributed by atoms with E-state index in [1.807, 2.05) is 0 Å². The summed E-state index contributed by atoms with van der Waals surface area (Å²) >= 11 is 0. The van der Waals surface area contributed by atoms with Crippen LogP contribution >= 0.6 is 0 Å². The van der Waals surface area contributed by atoms with Gasteiger partial charge in [-0.3, -0.25) is 9.79 Å². The van der Waals surface area contributed by atoms with Crippen LogP contribution in [0.25, 0.3) is 0 Å². The summed E-state index contributed by atoms with van der Waals surface area (Å²) in [5.41, 5.74) is 0. The molecule has 0 heterocycles. The average molecular weight is 278 g/mol. The van der Waals surface area contributed by atoms with Crippen molar-refractivity contribution in [3.05, 3.63) is 30.1 Å². The lowest BCUT2D eigenvalue weighted by Gasteiger charge is -2.05. The third-order valence-electron chi connectivity index (χ3n) is 2.25. The number of rotatable bonds is 7. The summed E-state index contributed by atoms with van der Waals surface area (Å²) in [5, 5.41) is 8.77. The molecular formula is C14H15FN2O3. The van der Waals surface area contributed by atoms with E-state index in [1.165, 1.54) is 18.3 Å². The number of carbonyl (C=O) groups is 1. The minimum Gasteiger partial charge on any atom is -0.489 e. The van der Waals surface area contributed by atoms with E-state index in [1.54, 1.807) is 25.1 Å². The summed E-state index contributed by atoms with van der Waals surface area (Å²) in [6.45, 7) is 2.23. The van der Waals surface area contributed by atoms with Crippen molar-refractivity contribution in [1.82, 2.24) is 0 Å². The van der Waals surface area contributed by atoms with Gasteiger partial charge in [0, 0.05) is 6.21 Å². The van der Waals surface area contributed by atoms with Gasteiger partial charge in [-0.05, 0) is 19.1 Å². The number of hydrogen-bond acceptors (Lipinski definition) is 5. The predicted molar refractivity (Wildman–Crippen MR) is 71.0 cm³/mol. The molecule has 1 aromatic rings. The number of nitrogens with zero attached hydrogens (tertiary/aromatic N) is 2. The van der Waals surface area contributed by atoms with Crippen molar-refractivity contribution < 1.29 is 18.7 Å². The second-order valence-corrected chi connectivity index (χ2v) is 3.69. The van der Waals surface area contributed by atoms with Gasteiger partial charge in [-0.2, -0.15) is 5.26 Å². The van der Waals surface area contributed by atoms with E-state index >= 15 is 0 Å². The largest absolute Gasteiger partial charge is 0.489 e. The summed E-state index contributed by atoms with van der Waals surface area (Å²) in [6.07, 6.45) is 1.21. The third-order valence-corrected chi connectivity index (χ3v) is 2.25. The number of aliphatic imine (C=N–C) groups is 1. The van der Waals surface area contributed by atoms with Crippen LogP contribution in [0, 0.1) is 23.1 Å². The van der Waals surface area contributed by atoms with Gasteiger partial charge in [0.2, 0.25) is 0 Å². The van der Waals surface area contributed by atoms with Crippen LogP contribution in [0.1, 0.15) is 6.92 Å². The van der Waals surface area contributed by atoms with Crippen LogP contribution in [0.5, 0.6) is 5.75 Å². The molecule has 0 fully saturated rings. The quantitative estimate of drug-likeness (QED) is 0.434. The third kappa shape index (κ3) is 5.06. The van der Waals surface area contributed by atoms with Gasteiger partial charge >= 0.3 is 5.97 Å². The number of halogens is 1. The molecule has 6 heteroatoms. The molecule has 0 aromatic heterocycles. The molecular weight excluding hydrogens is 263 g/mol. The van der Waals surface area contributed by atoms with Crippen molar-refractivity contribution in [1.29, 1.82) is 5.26 Å². The lowest BCUT2D eigenvalue weighted by Crippen LogP contribution is -2.17. The number of carbonyl (C=O) groups excluding carboxylic acids is 1. The number of benzene rings is 1. The van der Waals surface area contributed by atoms with Crippen LogP contribution in [0.3, 0.4) is 0 Å². The molecule has 0 saturated heterocycles. The second kappa shape index (κ2) is 8.64. The summed E-state index contributed by atoms with van der Waals surface area (Å²) in [7, 11) is 0. The Balaban J connectivity index is 2.36. The Hall–Kier alpha value is -2.42. The molecule has 0 unspecified atom stereocenters. The molecule has 0 saturated carbocycles. The molecule has 0 bridgehead atoms. The molecule has 20 heavy (non-hydrogen) atoms. The van der Waals surface area contributed by atoms with Crippen LogP contribution in [0.15, 0.2) is 29.3 Å². The number of esters is 1. The Morgan fingerprint density at radius 2 is 2.30 bits per heavy atom. The molecule has 106 valence electrons. The molecule has 0 radical (unpaired) electrons. The van der Waals surface area contributed by atoms with Gasteiger partial charge in [-0.15, -0.1) is 0 Å². The van der Waals surface area contributed by atoms with Gasteiger partial charge in [0.15, 0.2) is 17.5 Å². The first-order chi connectivity index (χ1) is 9.69. The summed E-state index contributed by atoms with van der Waals surface area (Å²) in [5.74, 6) is -1.96. The maximum atomic E-state index is 13.2. The van der Waals surface area contributed by atoms with E-state index in [-0.39, 0.29) is 25.5 Å². The number of para-hydroxylation sites is 1. The Labute approximate surface area is 116 Å². The summed E-state index contributed by atoms with van der Waals surface area (Å²) in [6, 6.07) is 7.81.